The van der Waals surface area contributed by atoms with Gasteiger partial charge in [0.05, 0.1) is 12.4 Å². The molecule has 3 rings (SSSR count). The van der Waals surface area contributed by atoms with Crippen molar-refractivity contribution < 1.29 is 14.7 Å². The molecule has 0 aliphatic carbocycles. The van der Waals surface area contributed by atoms with Crippen LogP contribution in [0.15, 0.2) is 70.9 Å². The summed E-state index contributed by atoms with van der Waals surface area (Å²) < 4.78 is 0. The van der Waals surface area contributed by atoms with Gasteiger partial charge in [-0.15, -0.1) is 0 Å². The van der Waals surface area contributed by atoms with Gasteiger partial charge in [0, 0.05) is 61.8 Å². The van der Waals surface area contributed by atoms with Crippen molar-refractivity contribution in [2.75, 3.05) is 38.0 Å². The molecule has 0 fully saturated rings. The lowest BCUT2D eigenvalue weighted by atomic mass is 9.85. The van der Waals surface area contributed by atoms with Crippen molar-refractivity contribution in [2.24, 2.45) is 10.2 Å². The van der Waals surface area contributed by atoms with Gasteiger partial charge in [-0.1, -0.05) is 20.8 Å². The Morgan fingerprint density at radius 1 is 0.718 bits per heavy atom. The zero-order valence-corrected chi connectivity index (χ0v) is 23.5. The van der Waals surface area contributed by atoms with Crippen LogP contribution in [0.5, 0.6) is 5.75 Å². The van der Waals surface area contributed by atoms with Gasteiger partial charge in [0.25, 0.3) is 11.8 Å². The molecule has 3 N–H and O–H groups in total. The average Bonchev–Trinajstić information content (AvgIpc) is 2.89. The van der Waals surface area contributed by atoms with Crippen LogP contribution in [-0.2, 0) is 5.41 Å². The number of benzene rings is 3. The van der Waals surface area contributed by atoms with Crippen LogP contribution in [0.1, 0.15) is 58.2 Å². The summed E-state index contributed by atoms with van der Waals surface area (Å²) in [6.45, 7) is 6.12. The molecule has 39 heavy (non-hydrogen) atoms. The Bertz CT molecular complexity index is 1270. The molecule has 2 amide bonds. The predicted molar refractivity (Wildman–Crippen MR) is 158 cm³/mol. The first-order valence-electron chi connectivity index (χ1n) is 12.5. The molecular weight excluding hydrogens is 492 g/mol. The first kappa shape index (κ1) is 28.9. The molecule has 0 saturated carbocycles. The van der Waals surface area contributed by atoms with Gasteiger partial charge in [-0.25, -0.2) is 10.9 Å². The van der Waals surface area contributed by atoms with E-state index in [9.17, 15) is 14.7 Å². The first-order chi connectivity index (χ1) is 18.4. The van der Waals surface area contributed by atoms with Crippen LogP contribution < -0.4 is 20.7 Å². The second-order valence-electron chi connectivity index (χ2n) is 10.5. The fraction of sp³-hybridized carbons (Fsp3) is 0.267. The maximum absolute atomic E-state index is 12.5. The van der Waals surface area contributed by atoms with Gasteiger partial charge < -0.3 is 14.9 Å². The topological polar surface area (TPSA) is 110 Å². The fourth-order valence-corrected chi connectivity index (χ4v) is 3.58. The minimum Gasteiger partial charge on any atom is -0.507 e. The van der Waals surface area contributed by atoms with Gasteiger partial charge in [-0.05, 0) is 71.6 Å². The van der Waals surface area contributed by atoms with E-state index in [1.54, 1.807) is 36.4 Å². The Morgan fingerprint density at radius 2 is 1.08 bits per heavy atom. The van der Waals surface area contributed by atoms with Gasteiger partial charge in [0.2, 0.25) is 0 Å². The molecule has 3 aromatic carbocycles. The van der Waals surface area contributed by atoms with Crippen molar-refractivity contribution in [3.8, 4) is 5.75 Å². The molecule has 0 bridgehead atoms. The number of hydrazone groups is 2. The van der Waals surface area contributed by atoms with E-state index in [1.165, 1.54) is 12.4 Å². The third-order valence-corrected chi connectivity index (χ3v) is 6.07. The van der Waals surface area contributed by atoms with Crippen molar-refractivity contribution in [3.63, 3.8) is 0 Å². The van der Waals surface area contributed by atoms with Crippen molar-refractivity contribution in [1.29, 1.82) is 0 Å². The zero-order valence-electron chi connectivity index (χ0n) is 23.5. The number of nitrogens with zero attached hydrogens (tertiary/aromatic N) is 4. The van der Waals surface area contributed by atoms with E-state index in [0.717, 1.165) is 16.9 Å². The van der Waals surface area contributed by atoms with Gasteiger partial charge in [0.1, 0.15) is 5.75 Å². The Hall–Kier alpha value is -4.66. The molecule has 0 unspecified atom stereocenters. The largest absolute Gasteiger partial charge is 0.507 e. The number of rotatable bonds is 8. The number of hydrogen-bond donors (Lipinski definition) is 3. The highest BCUT2D eigenvalue weighted by molar-refractivity contribution is 5.97. The molecule has 0 atom stereocenters. The SMILES string of the molecule is CN(C)c1ccc(C(=O)N/N=C/c2cc(C(C)(C)C)cc(/C=N/NC(=O)c3ccc(N(C)C)cc3)c2O)cc1. The second-order valence-corrected chi connectivity index (χ2v) is 10.5. The van der Waals surface area contributed by atoms with Crippen LogP contribution in [0.2, 0.25) is 0 Å². The minimum absolute atomic E-state index is 0.0790. The number of phenols is 1. The van der Waals surface area contributed by atoms with Crippen molar-refractivity contribution in [3.05, 3.63) is 88.5 Å². The number of nitrogens with one attached hydrogen (secondary N) is 2. The van der Waals surface area contributed by atoms with Crippen LogP contribution in [0.4, 0.5) is 11.4 Å². The Balaban J connectivity index is 1.77. The number of phenolic OH excluding ortho intramolecular Hbond substituents is 1. The number of hydrogen-bond acceptors (Lipinski definition) is 7. The smallest absolute Gasteiger partial charge is 0.271 e. The van der Waals surface area contributed by atoms with Crippen LogP contribution in [0, 0.1) is 0 Å². The Kier molecular flexibility index (Phi) is 9.08. The average molecular weight is 529 g/mol. The molecule has 204 valence electrons. The molecule has 0 heterocycles. The van der Waals surface area contributed by atoms with Crippen LogP contribution in [-0.4, -0.2) is 57.5 Å². The lowest BCUT2D eigenvalue weighted by Crippen LogP contribution is -2.18. The van der Waals surface area contributed by atoms with E-state index in [1.807, 2.05) is 83.0 Å². The number of carbonyl (C=O) groups excluding carboxylic acids is 2. The summed E-state index contributed by atoms with van der Waals surface area (Å²) in [6, 6.07) is 17.9. The van der Waals surface area contributed by atoms with E-state index in [-0.39, 0.29) is 23.0 Å². The molecule has 0 saturated heterocycles. The third-order valence-electron chi connectivity index (χ3n) is 6.07. The van der Waals surface area contributed by atoms with E-state index in [2.05, 4.69) is 21.1 Å². The van der Waals surface area contributed by atoms with Crippen LogP contribution >= 0.6 is 0 Å². The first-order valence-corrected chi connectivity index (χ1v) is 12.5. The lowest BCUT2D eigenvalue weighted by molar-refractivity contribution is 0.0947. The summed E-state index contributed by atoms with van der Waals surface area (Å²) in [5.74, 6) is -0.818. The molecule has 9 nitrogen and oxygen atoms in total. The lowest BCUT2D eigenvalue weighted by Gasteiger charge is -2.21. The van der Waals surface area contributed by atoms with E-state index in [0.29, 0.717) is 22.3 Å². The molecule has 3 aromatic rings. The highest BCUT2D eigenvalue weighted by Gasteiger charge is 2.18. The summed E-state index contributed by atoms with van der Waals surface area (Å²) in [4.78, 5) is 28.9. The molecule has 0 aliphatic rings. The highest BCUT2D eigenvalue weighted by atomic mass is 16.3. The quantitative estimate of drug-likeness (QED) is 0.298. The molecular formula is C30H36N6O3. The molecule has 0 aliphatic heterocycles. The van der Waals surface area contributed by atoms with E-state index >= 15 is 0 Å². The minimum atomic E-state index is -0.369. The zero-order chi connectivity index (χ0) is 28.7. The van der Waals surface area contributed by atoms with Gasteiger partial charge in [0.15, 0.2) is 0 Å². The molecule has 0 aromatic heterocycles. The molecule has 0 spiro atoms. The second kappa shape index (κ2) is 12.3. The van der Waals surface area contributed by atoms with Crippen molar-refractivity contribution >= 4 is 35.6 Å². The number of aromatic hydroxyl groups is 1. The summed E-state index contributed by atoms with van der Waals surface area (Å²) in [5, 5.41) is 19.0. The maximum atomic E-state index is 12.5. The van der Waals surface area contributed by atoms with Gasteiger partial charge in [-0.2, -0.15) is 10.2 Å². The normalized spacial score (nSPS) is 11.6. The monoisotopic (exact) mass is 528 g/mol. The highest BCUT2D eigenvalue weighted by Crippen LogP contribution is 2.29. The number of carbonyl (C=O) groups is 2. The number of anilines is 2. The molecule has 9 heteroatoms. The van der Waals surface area contributed by atoms with Gasteiger partial charge >= 0.3 is 0 Å². The fourth-order valence-electron chi connectivity index (χ4n) is 3.58. The Morgan fingerprint density at radius 3 is 1.38 bits per heavy atom. The Labute approximate surface area is 229 Å². The van der Waals surface area contributed by atoms with Crippen LogP contribution in [0.25, 0.3) is 0 Å². The van der Waals surface area contributed by atoms with Gasteiger partial charge in [-0.3, -0.25) is 9.59 Å². The summed E-state index contributed by atoms with van der Waals surface area (Å²) in [6.07, 6.45) is 2.78. The van der Waals surface area contributed by atoms with Crippen molar-refractivity contribution in [2.45, 2.75) is 26.2 Å². The summed E-state index contributed by atoms with van der Waals surface area (Å²) >= 11 is 0. The van der Waals surface area contributed by atoms with Crippen molar-refractivity contribution in [1.82, 2.24) is 10.9 Å². The third kappa shape index (κ3) is 7.67. The predicted octanol–water partition coefficient (Wildman–Crippen LogP) is 4.35. The standard InChI is InChI=1S/C30H36N6O3/c1-30(2,3)24-16-22(18-31-33-28(38)20-8-12-25(13-9-20)35(4)5)27(37)23(17-24)19-32-34-29(39)21-10-14-26(15-11-21)36(6)7/h8-19,37H,1-7H3,(H,33,38)(H,34,39)/b31-18+,32-19+. The maximum Gasteiger partial charge on any atom is 0.271 e. The van der Waals surface area contributed by atoms with Crippen LogP contribution in [0.3, 0.4) is 0 Å². The van der Waals surface area contributed by atoms with E-state index < -0.39 is 0 Å². The molecule has 0 radical (unpaired) electrons. The van der Waals surface area contributed by atoms with E-state index in [4.69, 9.17) is 0 Å². The summed E-state index contributed by atoms with van der Waals surface area (Å²) in [5.41, 5.74) is 9.36. The number of amides is 2. The summed E-state index contributed by atoms with van der Waals surface area (Å²) in [7, 11) is 7.70.